The summed E-state index contributed by atoms with van der Waals surface area (Å²) >= 11 is 0. The van der Waals surface area contributed by atoms with E-state index in [1.54, 1.807) is 0 Å². The van der Waals surface area contributed by atoms with Crippen LogP contribution in [-0.2, 0) is 13.3 Å². The first kappa shape index (κ1) is 30.3. The second kappa shape index (κ2) is 16.9. The Labute approximate surface area is 203 Å². The zero-order chi connectivity index (χ0) is 23.8. The molecule has 0 atom stereocenters. The minimum atomic E-state index is -2.36. The third-order valence-corrected chi connectivity index (χ3v) is 21.9. The summed E-state index contributed by atoms with van der Waals surface area (Å²) in [5.41, 5.74) is 0.0957. The Bertz CT molecular complexity index is 432. The van der Waals surface area contributed by atoms with E-state index in [9.17, 15) is 0 Å². The van der Waals surface area contributed by atoms with Crippen molar-refractivity contribution in [2.24, 2.45) is 0 Å². The van der Waals surface area contributed by atoms with Gasteiger partial charge in [-0.1, -0.05) is 106 Å². The van der Waals surface area contributed by atoms with Gasteiger partial charge in [-0.05, 0) is 50.2 Å². The maximum atomic E-state index is 7.70. The number of rotatable bonds is 20. The Balaban J connectivity index is 3.40. The molecule has 32 heavy (non-hydrogen) atoms. The van der Waals surface area contributed by atoms with Gasteiger partial charge in [0.2, 0.25) is 7.83 Å². The first-order valence-corrected chi connectivity index (χ1v) is 19.9. The van der Waals surface area contributed by atoms with Crippen molar-refractivity contribution in [3.05, 3.63) is 0 Å². The lowest BCUT2D eigenvalue weighted by Gasteiger charge is -2.56. The van der Waals surface area contributed by atoms with Crippen LogP contribution in [0.15, 0.2) is 0 Å². The Hall–Kier alpha value is 0.314. The molecule has 192 valence electrons. The highest BCUT2D eigenvalue weighted by Crippen LogP contribution is 2.49. The summed E-state index contributed by atoms with van der Waals surface area (Å²) < 4.78 is 21.7. The first-order chi connectivity index (χ1) is 15.5. The molecule has 0 saturated carbocycles. The molecule has 0 unspecified atom stereocenters. The highest BCUT2D eigenvalue weighted by atomic mass is 29.3. The monoisotopic (exact) mass is 486 g/mol. The molecular formula is C27H58O3Si2. The predicted molar refractivity (Wildman–Crippen MR) is 145 cm³/mol. The predicted octanol–water partition coefficient (Wildman–Crippen LogP) is 9.23. The van der Waals surface area contributed by atoms with Gasteiger partial charge in [0.15, 0.2) is 0 Å². The molecule has 0 bridgehead atoms. The largest absolute Gasteiger partial charge is 0.408 e. The lowest BCUT2D eigenvalue weighted by atomic mass is 9.88. The molecule has 1 aliphatic rings. The fraction of sp³-hybridized carbons (Fsp3) is 1.00. The van der Waals surface area contributed by atoms with Crippen LogP contribution in [0.5, 0.6) is 0 Å². The van der Waals surface area contributed by atoms with Crippen LogP contribution in [0.2, 0.25) is 18.1 Å². The van der Waals surface area contributed by atoms with Crippen molar-refractivity contribution in [1.82, 2.24) is 0 Å². The molecule has 1 heterocycles. The van der Waals surface area contributed by atoms with Gasteiger partial charge in [-0.15, -0.1) is 0 Å². The summed E-state index contributed by atoms with van der Waals surface area (Å²) in [5.74, 6) is 0. The summed E-state index contributed by atoms with van der Waals surface area (Å²) in [4.78, 5) is 0. The SMILES string of the molecule is CCCCO[Si]1(OCCCC)CCC(CCCC)(CCCC)O[Si]1(CCCC)CCCC. The number of hydrogen-bond acceptors (Lipinski definition) is 3. The van der Waals surface area contributed by atoms with E-state index in [1.165, 1.54) is 102 Å². The molecule has 1 rings (SSSR count). The van der Waals surface area contributed by atoms with Gasteiger partial charge in [0.1, 0.15) is 0 Å². The van der Waals surface area contributed by atoms with Gasteiger partial charge in [-0.2, -0.15) is 0 Å². The molecule has 3 nitrogen and oxygen atoms in total. The molecule has 0 amide bonds. The average molecular weight is 487 g/mol. The second-order valence-electron chi connectivity index (χ2n) is 10.4. The molecular weight excluding hydrogens is 428 g/mol. The van der Waals surface area contributed by atoms with Crippen molar-refractivity contribution in [3.8, 4) is 0 Å². The van der Waals surface area contributed by atoms with E-state index >= 15 is 0 Å². The van der Waals surface area contributed by atoms with Crippen molar-refractivity contribution in [2.75, 3.05) is 13.2 Å². The second-order valence-corrected chi connectivity index (χ2v) is 21.1. The Kier molecular flexibility index (Phi) is 16.0. The minimum absolute atomic E-state index is 0.0957. The number of unbranched alkanes of at least 4 members (excludes halogenated alkanes) is 6. The third-order valence-electron chi connectivity index (χ3n) is 7.52. The molecule has 0 spiro atoms. The first-order valence-electron chi connectivity index (χ1n) is 14.5. The number of hydrogen-bond donors (Lipinski definition) is 0. The summed E-state index contributed by atoms with van der Waals surface area (Å²) in [5, 5.41) is 0. The quantitative estimate of drug-likeness (QED) is 0.127. The van der Waals surface area contributed by atoms with Crippen LogP contribution in [0.25, 0.3) is 0 Å². The highest BCUT2D eigenvalue weighted by molar-refractivity contribution is 7.35. The smallest absolute Gasteiger partial charge is 0.349 e. The molecule has 0 aromatic rings. The minimum Gasteiger partial charge on any atom is -0.408 e. The topological polar surface area (TPSA) is 27.7 Å². The van der Waals surface area contributed by atoms with Crippen molar-refractivity contribution < 1.29 is 13.3 Å². The van der Waals surface area contributed by atoms with Crippen LogP contribution in [0.1, 0.15) is 138 Å². The van der Waals surface area contributed by atoms with Gasteiger partial charge in [-0.3, -0.25) is 0 Å². The summed E-state index contributed by atoms with van der Waals surface area (Å²) in [6.07, 6.45) is 18.5. The molecule has 5 heteroatoms. The van der Waals surface area contributed by atoms with Crippen molar-refractivity contribution in [1.29, 1.82) is 0 Å². The van der Waals surface area contributed by atoms with Gasteiger partial charge in [0.25, 0.3) is 0 Å². The van der Waals surface area contributed by atoms with Gasteiger partial charge < -0.3 is 13.3 Å². The van der Waals surface area contributed by atoms with Crippen molar-refractivity contribution in [3.63, 3.8) is 0 Å². The van der Waals surface area contributed by atoms with Gasteiger partial charge in [-0.25, -0.2) is 0 Å². The average Bonchev–Trinajstić information content (AvgIpc) is 2.81. The van der Waals surface area contributed by atoms with Crippen molar-refractivity contribution >= 4 is 15.9 Å². The zero-order valence-corrected chi connectivity index (χ0v) is 24.9. The van der Waals surface area contributed by atoms with Crippen LogP contribution in [0.3, 0.4) is 0 Å². The Morgan fingerprint density at radius 1 is 0.625 bits per heavy atom. The van der Waals surface area contributed by atoms with Crippen molar-refractivity contribution in [2.45, 2.75) is 162 Å². The zero-order valence-electron chi connectivity index (χ0n) is 22.9. The van der Waals surface area contributed by atoms with Gasteiger partial charge in [0, 0.05) is 13.2 Å². The Morgan fingerprint density at radius 2 is 1.06 bits per heavy atom. The molecule has 1 fully saturated rings. The molecule has 0 aliphatic carbocycles. The van der Waals surface area contributed by atoms with Crippen LogP contribution in [-0.4, -0.2) is 34.7 Å². The molecule has 0 aromatic carbocycles. The fourth-order valence-corrected chi connectivity index (χ4v) is 21.2. The van der Waals surface area contributed by atoms with Crippen LogP contribution < -0.4 is 0 Å². The van der Waals surface area contributed by atoms with E-state index in [0.717, 1.165) is 26.1 Å². The fourth-order valence-electron chi connectivity index (χ4n) is 5.38. The van der Waals surface area contributed by atoms with Crippen LogP contribution in [0, 0.1) is 0 Å². The lowest BCUT2D eigenvalue weighted by molar-refractivity contribution is 0.0122. The van der Waals surface area contributed by atoms with E-state index in [1.807, 2.05) is 0 Å². The molecule has 1 aliphatic heterocycles. The molecule has 0 N–H and O–H groups in total. The standard InChI is InChI=1S/C27H58O3Si2/c1-7-13-19-27(20-14-8-2)21-26-32(28-22-15-9-3,29-23-16-10-4)31(30-27,24-17-11-5)25-18-12-6/h7-26H2,1-6H3. The maximum absolute atomic E-state index is 7.70. The van der Waals surface area contributed by atoms with Crippen LogP contribution in [0.4, 0.5) is 0 Å². The summed E-state index contributed by atoms with van der Waals surface area (Å²) in [6, 6.07) is 3.70. The summed E-state index contributed by atoms with van der Waals surface area (Å²) in [6.45, 7) is 15.6. The van der Waals surface area contributed by atoms with E-state index in [2.05, 4.69) is 41.5 Å². The van der Waals surface area contributed by atoms with Gasteiger partial charge in [0.05, 0.1) is 5.60 Å². The Morgan fingerprint density at radius 3 is 1.47 bits per heavy atom. The van der Waals surface area contributed by atoms with E-state index in [0.29, 0.717) is 0 Å². The normalized spacial score (nSPS) is 19.3. The van der Waals surface area contributed by atoms with Crippen LogP contribution >= 0.6 is 0 Å². The van der Waals surface area contributed by atoms with E-state index in [-0.39, 0.29) is 5.60 Å². The highest BCUT2D eigenvalue weighted by Gasteiger charge is 2.66. The molecule has 0 radical (unpaired) electrons. The van der Waals surface area contributed by atoms with E-state index < -0.39 is 15.9 Å². The molecule has 0 aromatic heterocycles. The third kappa shape index (κ3) is 8.83. The van der Waals surface area contributed by atoms with Gasteiger partial charge >= 0.3 is 8.08 Å². The molecule has 1 saturated heterocycles. The summed E-state index contributed by atoms with van der Waals surface area (Å²) in [7, 11) is -4.51. The maximum Gasteiger partial charge on any atom is 0.349 e. The van der Waals surface area contributed by atoms with E-state index in [4.69, 9.17) is 13.3 Å². The lowest BCUT2D eigenvalue weighted by Crippen LogP contribution is -2.74.